The van der Waals surface area contributed by atoms with E-state index in [1.165, 1.54) is 0 Å². The quantitative estimate of drug-likeness (QED) is 0.296. The molecule has 0 aliphatic heterocycles. The van der Waals surface area contributed by atoms with Gasteiger partial charge in [0.15, 0.2) is 0 Å². The largest absolute Gasteiger partial charge is 0.506 e. The van der Waals surface area contributed by atoms with Crippen LogP contribution in [0.4, 0.5) is 0 Å². The molecule has 4 aromatic rings. The smallest absolute Gasteiger partial charge is 0.348 e. The first kappa shape index (κ1) is 12.2. The van der Waals surface area contributed by atoms with Crippen molar-refractivity contribution in [3.05, 3.63) is 64.0 Å². The van der Waals surface area contributed by atoms with E-state index in [2.05, 4.69) is 0 Å². The maximum Gasteiger partial charge on any atom is 0.348 e. The van der Waals surface area contributed by atoms with Gasteiger partial charge >= 0.3 is 5.63 Å². The lowest BCUT2D eigenvalue weighted by Gasteiger charge is -2.07. The van der Waals surface area contributed by atoms with Crippen LogP contribution in [0, 0.1) is 0 Å². The van der Waals surface area contributed by atoms with Crippen LogP contribution in [0.5, 0.6) is 5.75 Å². The average molecular weight is 297 g/mol. The number of hydrogen-bond donors (Lipinski definition) is 1. The third-order valence-electron chi connectivity index (χ3n) is 3.66. The van der Waals surface area contributed by atoms with Crippen LogP contribution in [0.2, 0.25) is 5.02 Å². The van der Waals surface area contributed by atoms with Gasteiger partial charge in [-0.15, -0.1) is 0 Å². The van der Waals surface area contributed by atoms with Crippen LogP contribution in [0.15, 0.2) is 57.7 Å². The molecule has 0 unspecified atom stereocenters. The minimum atomic E-state index is -0.567. The van der Waals surface area contributed by atoms with Crippen molar-refractivity contribution in [2.75, 3.05) is 0 Å². The first-order valence-corrected chi connectivity index (χ1v) is 6.80. The van der Waals surface area contributed by atoms with E-state index >= 15 is 0 Å². The van der Waals surface area contributed by atoms with E-state index in [0.717, 1.165) is 10.8 Å². The number of rotatable bonds is 0. The topological polar surface area (TPSA) is 50.4 Å². The summed E-state index contributed by atoms with van der Waals surface area (Å²) < 4.78 is 5.29. The molecule has 4 heteroatoms. The number of phenols is 1. The first-order chi connectivity index (χ1) is 10.1. The molecule has 0 radical (unpaired) electrons. The first-order valence-electron chi connectivity index (χ1n) is 6.42. The van der Waals surface area contributed by atoms with E-state index in [0.29, 0.717) is 21.4 Å². The van der Waals surface area contributed by atoms with Gasteiger partial charge in [-0.3, -0.25) is 0 Å². The SMILES string of the molecule is O=c1oc2cc(Cl)ccc2c2cc3ccccc3c(O)c12. The molecule has 1 aromatic heterocycles. The van der Waals surface area contributed by atoms with Gasteiger partial charge in [-0.2, -0.15) is 0 Å². The molecule has 0 aliphatic carbocycles. The molecule has 0 aliphatic rings. The highest BCUT2D eigenvalue weighted by Gasteiger charge is 2.14. The summed E-state index contributed by atoms with van der Waals surface area (Å²) in [6, 6.07) is 14.4. The molecule has 102 valence electrons. The summed E-state index contributed by atoms with van der Waals surface area (Å²) in [7, 11) is 0. The molecule has 1 heterocycles. The predicted octanol–water partition coefficient (Wildman–Crippen LogP) is 4.46. The lowest BCUT2D eigenvalue weighted by Crippen LogP contribution is -2.00. The van der Waals surface area contributed by atoms with E-state index in [1.807, 2.05) is 24.3 Å². The summed E-state index contributed by atoms with van der Waals surface area (Å²) in [5.41, 5.74) is -0.155. The fraction of sp³-hybridized carbons (Fsp3) is 0. The Morgan fingerprint density at radius 1 is 0.952 bits per heavy atom. The van der Waals surface area contributed by atoms with Crippen molar-refractivity contribution in [3.63, 3.8) is 0 Å². The second-order valence-corrected chi connectivity index (χ2v) is 5.34. The highest BCUT2D eigenvalue weighted by Crippen LogP contribution is 2.35. The van der Waals surface area contributed by atoms with Crippen LogP contribution in [-0.4, -0.2) is 5.11 Å². The standard InChI is InChI=1S/C17H9ClO3/c18-10-5-6-12-13-7-9-3-1-2-4-11(9)16(19)15(13)17(20)21-14(12)8-10/h1-8,19H. The van der Waals surface area contributed by atoms with Gasteiger partial charge in [-0.1, -0.05) is 35.9 Å². The van der Waals surface area contributed by atoms with Crippen molar-refractivity contribution in [2.45, 2.75) is 0 Å². The summed E-state index contributed by atoms with van der Waals surface area (Å²) in [6.07, 6.45) is 0. The Morgan fingerprint density at radius 2 is 1.76 bits per heavy atom. The van der Waals surface area contributed by atoms with Crippen molar-refractivity contribution < 1.29 is 9.52 Å². The Bertz CT molecular complexity index is 1080. The summed E-state index contributed by atoms with van der Waals surface area (Å²) >= 11 is 5.94. The Hall–Kier alpha value is -2.52. The minimum absolute atomic E-state index is 0.0475. The molecule has 1 N–H and O–H groups in total. The number of fused-ring (bicyclic) bond motifs is 4. The highest BCUT2D eigenvalue weighted by atomic mass is 35.5. The van der Waals surface area contributed by atoms with Crippen molar-refractivity contribution in [1.29, 1.82) is 0 Å². The van der Waals surface area contributed by atoms with Gasteiger partial charge in [-0.25, -0.2) is 4.79 Å². The maximum atomic E-state index is 12.2. The molecule has 4 rings (SSSR count). The van der Waals surface area contributed by atoms with Gasteiger partial charge in [0.25, 0.3) is 0 Å². The predicted molar refractivity (Wildman–Crippen MR) is 84.2 cm³/mol. The molecule has 0 bridgehead atoms. The Kier molecular flexibility index (Phi) is 2.47. The third-order valence-corrected chi connectivity index (χ3v) is 3.90. The minimum Gasteiger partial charge on any atom is -0.506 e. The van der Waals surface area contributed by atoms with Crippen LogP contribution >= 0.6 is 11.6 Å². The average Bonchev–Trinajstić information content (AvgIpc) is 2.47. The van der Waals surface area contributed by atoms with Crippen molar-refractivity contribution in [3.8, 4) is 5.75 Å². The fourth-order valence-corrected chi connectivity index (χ4v) is 2.86. The van der Waals surface area contributed by atoms with Crippen LogP contribution in [-0.2, 0) is 0 Å². The summed E-state index contributed by atoms with van der Waals surface area (Å²) in [5, 5.41) is 14.0. The Morgan fingerprint density at radius 3 is 2.62 bits per heavy atom. The van der Waals surface area contributed by atoms with Crippen LogP contribution in [0.3, 0.4) is 0 Å². The van der Waals surface area contributed by atoms with E-state index in [-0.39, 0.29) is 11.1 Å². The molecule has 0 atom stereocenters. The lowest BCUT2D eigenvalue weighted by atomic mass is 10.0. The molecule has 0 saturated carbocycles. The third kappa shape index (κ3) is 1.71. The Labute approximate surface area is 124 Å². The van der Waals surface area contributed by atoms with Crippen LogP contribution < -0.4 is 5.63 Å². The number of benzene rings is 3. The number of halogens is 1. The lowest BCUT2D eigenvalue weighted by molar-refractivity contribution is 0.483. The van der Waals surface area contributed by atoms with Gasteiger partial charge in [0, 0.05) is 27.2 Å². The molecule has 3 aromatic carbocycles. The van der Waals surface area contributed by atoms with E-state index in [1.54, 1.807) is 24.3 Å². The van der Waals surface area contributed by atoms with Gasteiger partial charge in [0.05, 0.1) is 0 Å². The molecule has 0 spiro atoms. The summed E-state index contributed by atoms with van der Waals surface area (Å²) in [5.74, 6) is -0.0475. The fourth-order valence-electron chi connectivity index (χ4n) is 2.70. The summed E-state index contributed by atoms with van der Waals surface area (Å²) in [4.78, 5) is 12.2. The molecule has 21 heavy (non-hydrogen) atoms. The molecule has 0 amide bonds. The normalized spacial score (nSPS) is 11.5. The number of aromatic hydroxyl groups is 1. The zero-order chi connectivity index (χ0) is 14.6. The molecular weight excluding hydrogens is 288 g/mol. The van der Waals surface area contributed by atoms with E-state index < -0.39 is 5.63 Å². The van der Waals surface area contributed by atoms with E-state index in [9.17, 15) is 9.90 Å². The highest BCUT2D eigenvalue weighted by molar-refractivity contribution is 6.31. The second-order valence-electron chi connectivity index (χ2n) is 4.90. The van der Waals surface area contributed by atoms with Crippen molar-refractivity contribution >= 4 is 44.1 Å². The molecule has 0 fully saturated rings. The van der Waals surface area contributed by atoms with Gasteiger partial charge in [0.2, 0.25) is 0 Å². The molecule has 3 nitrogen and oxygen atoms in total. The van der Waals surface area contributed by atoms with Gasteiger partial charge in [-0.05, 0) is 23.6 Å². The second kappa shape index (κ2) is 4.24. The zero-order valence-electron chi connectivity index (χ0n) is 10.8. The van der Waals surface area contributed by atoms with Crippen LogP contribution in [0.25, 0.3) is 32.5 Å². The van der Waals surface area contributed by atoms with E-state index in [4.69, 9.17) is 16.0 Å². The number of phenolic OH excluding ortho intramolecular Hbond substituents is 1. The Balaban J connectivity index is 2.35. The van der Waals surface area contributed by atoms with Crippen LogP contribution in [0.1, 0.15) is 0 Å². The van der Waals surface area contributed by atoms with Gasteiger partial charge in [0.1, 0.15) is 16.7 Å². The molecule has 0 saturated heterocycles. The van der Waals surface area contributed by atoms with Gasteiger partial charge < -0.3 is 9.52 Å². The van der Waals surface area contributed by atoms with Crippen molar-refractivity contribution in [1.82, 2.24) is 0 Å². The summed E-state index contributed by atoms with van der Waals surface area (Å²) in [6.45, 7) is 0. The molecular formula is C17H9ClO3. The zero-order valence-corrected chi connectivity index (χ0v) is 11.5. The number of hydrogen-bond acceptors (Lipinski definition) is 3. The monoisotopic (exact) mass is 296 g/mol. The maximum absolute atomic E-state index is 12.2. The van der Waals surface area contributed by atoms with Crippen molar-refractivity contribution in [2.24, 2.45) is 0 Å².